The molecule has 0 saturated carbocycles. The number of carbonyl (C=O) groups is 2. The van der Waals surface area contributed by atoms with Crippen molar-refractivity contribution in [1.29, 1.82) is 0 Å². The van der Waals surface area contributed by atoms with Crippen LogP contribution in [-0.4, -0.2) is 36.1 Å². The summed E-state index contributed by atoms with van der Waals surface area (Å²) in [5.74, 6) is -0.533. The second kappa shape index (κ2) is 9.43. The molecule has 0 radical (unpaired) electrons. The summed E-state index contributed by atoms with van der Waals surface area (Å²) < 4.78 is 0. The van der Waals surface area contributed by atoms with Crippen molar-refractivity contribution >= 4 is 23.4 Å². The minimum absolute atomic E-state index is 0.00498. The highest BCUT2D eigenvalue weighted by Crippen LogP contribution is 2.12. The van der Waals surface area contributed by atoms with Crippen molar-refractivity contribution in [3.05, 3.63) is 34.9 Å². The minimum atomic E-state index is -0.605. The Hall–Kier alpha value is -1.59. The molecule has 0 fully saturated rings. The standard InChI is InChI=1S/C16H23ClN2O3/c1-3-11(2)14(16(22)18-9-4-10-20)19-15(21)12-5-7-13(17)8-6-12/h5-8,11,14,20H,3-4,9-10H2,1-2H3,(H,18,22)(H,19,21). The van der Waals surface area contributed by atoms with Gasteiger partial charge in [-0.2, -0.15) is 0 Å². The smallest absolute Gasteiger partial charge is 0.251 e. The zero-order valence-corrected chi connectivity index (χ0v) is 13.7. The molecule has 22 heavy (non-hydrogen) atoms. The number of aliphatic hydroxyl groups is 1. The van der Waals surface area contributed by atoms with Gasteiger partial charge >= 0.3 is 0 Å². The third-order valence-corrected chi connectivity index (χ3v) is 3.77. The van der Waals surface area contributed by atoms with Crippen molar-refractivity contribution < 1.29 is 14.7 Å². The molecule has 2 amide bonds. The van der Waals surface area contributed by atoms with Gasteiger partial charge in [0, 0.05) is 23.7 Å². The number of hydrogen-bond acceptors (Lipinski definition) is 3. The van der Waals surface area contributed by atoms with Crippen LogP contribution in [0, 0.1) is 5.92 Å². The number of carbonyl (C=O) groups excluding carboxylic acids is 2. The van der Waals surface area contributed by atoms with Gasteiger partial charge in [-0.05, 0) is 36.6 Å². The maximum atomic E-state index is 12.2. The van der Waals surface area contributed by atoms with Crippen LogP contribution in [-0.2, 0) is 4.79 Å². The maximum absolute atomic E-state index is 12.2. The lowest BCUT2D eigenvalue weighted by molar-refractivity contribution is -0.124. The van der Waals surface area contributed by atoms with Gasteiger partial charge in [0.05, 0.1) is 0 Å². The van der Waals surface area contributed by atoms with Gasteiger partial charge in [0.1, 0.15) is 6.04 Å². The van der Waals surface area contributed by atoms with E-state index in [2.05, 4.69) is 10.6 Å². The third-order valence-electron chi connectivity index (χ3n) is 3.52. The van der Waals surface area contributed by atoms with Crippen LogP contribution in [0.25, 0.3) is 0 Å². The van der Waals surface area contributed by atoms with E-state index in [1.54, 1.807) is 24.3 Å². The van der Waals surface area contributed by atoms with Crippen molar-refractivity contribution in [3.8, 4) is 0 Å². The maximum Gasteiger partial charge on any atom is 0.251 e. The number of amides is 2. The molecular weight excluding hydrogens is 304 g/mol. The normalized spacial score (nSPS) is 13.3. The van der Waals surface area contributed by atoms with E-state index in [1.165, 1.54) is 0 Å². The van der Waals surface area contributed by atoms with Crippen LogP contribution in [0.15, 0.2) is 24.3 Å². The van der Waals surface area contributed by atoms with E-state index in [-0.39, 0.29) is 24.3 Å². The van der Waals surface area contributed by atoms with Gasteiger partial charge in [0.25, 0.3) is 5.91 Å². The summed E-state index contributed by atoms with van der Waals surface area (Å²) in [5, 5.41) is 14.8. The molecule has 0 aliphatic heterocycles. The van der Waals surface area contributed by atoms with Crippen molar-refractivity contribution in [1.82, 2.24) is 10.6 Å². The Bertz CT molecular complexity index is 491. The fraction of sp³-hybridized carbons (Fsp3) is 0.500. The largest absolute Gasteiger partial charge is 0.396 e. The molecule has 3 N–H and O–H groups in total. The summed E-state index contributed by atoms with van der Waals surface area (Å²) >= 11 is 5.80. The van der Waals surface area contributed by atoms with Crippen LogP contribution in [0.5, 0.6) is 0 Å². The van der Waals surface area contributed by atoms with Crippen LogP contribution in [0.4, 0.5) is 0 Å². The monoisotopic (exact) mass is 326 g/mol. The highest BCUT2D eigenvalue weighted by Gasteiger charge is 2.25. The lowest BCUT2D eigenvalue weighted by atomic mass is 9.98. The molecule has 0 aliphatic rings. The molecule has 0 heterocycles. The van der Waals surface area contributed by atoms with Crippen molar-refractivity contribution in [2.75, 3.05) is 13.2 Å². The van der Waals surface area contributed by atoms with Crippen LogP contribution >= 0.6 is 11.6 Å². The molecule has 2 unspecified atom stereocenters. The van der Waals surface area contributed by atoms with Crippen LogP contribution in [0.3, 0.4) is 0 Å². The lowest BCUT2D eigenvalue weighted by Crippen LogP contribution is -2.50. The zero-order chi connectivity index (χ0) is 16.5. The van der Waals surface area contributed by atoms with Crippen LogP contribution < -0.4 is 10.6 Å². The summed E-state index contributed by atoms with van der Waals surface area (Å²) in [6.07, 6.45) is 1.25. The summed E-state index contributed by atoms with van der Waals surface area (Å²) in [6, 6.07) is 5.91. The Morgan fingerprint density at radius 2 is 1.91 bits per heavy atom. The second-order valence-corrected chi connectivity index (χ2v) is 5.65. The molecule has 6 heteroatoms. The summed E-state index contributed by atoms with van der Waals surface area (Å²) in [5.41, 5.74) is 0.459. The molecule has 122 valence electrons. The highest BCUT2D eigenvalue weighted by atomic mass is 35.5. The molecule has 1 rings (SSSR count). The average molecular weight is 327 g/mol. The number of nitrogens with one attached hydrogen (secondary N) is 2. The van der Waals surface area contributed by atoms with E-state index in [0.29, 0.717) is 23.6 Å². The molecular formula is C16H23ClN2O3. The first-order chi connectivity index (χ1) is 10.5. The molecule has 0 aliphatic carbocycles. The fourth-order valence-electron chi connectivity index (χ4n) is 1.93. The third kappa shape index (κ3) is 5.66. The van der Waals surface area contributed by atoms with E-state index in [1.807, 2.05) is 13.8 Å². The number of benzene rings is 1. The summed E-state index contributed by atoms with van der Waals surface area (Å²) in [6.45, 7) is 4.29. The number of halogens is 1. The predicted octanol–water partition coefficient (Wildman–Crippen LogP) is 1.98. The molecule has 1 aromatic carbocycles. The number of aliphatic hydroxyl groups excluding tert-OH is 1. The molecule has 2 atom stereocenters. The average Bonchev–Trinajstić information content (AvgIpc) is 2.52. The fourth-order valence-corrected chi connectivity index (χ4v) is 2.05. The zero-order valence-electron chi connectivity index (χ0n) is 12.9. The van der Waals surface area contributed by atoms with Crippen LogP contribution in [0.1, 0.15) is 37.0 Å². The lowest BCUT2D eigenvalue weighted by Gasteiger charge is -2.23. The number of rotatable bonds is 8. The topological polar surface area (TPSA) is 78.4 Å². The van der Waals surface area contributed by atoms with Crippen LogP contribution in [0.2, 0.25) is 5.02 Å². The summed E-state index contributed by atoms with van der Waals surface area (Å²) in [7, 11) is 0. The van der Waals surface area contributed by atoms with Gasteiger partial charge in [-0.3, -0.25) is 9.59 Å². The Morgan fingerprint density at radius 3 is 2.45 bits per heavy atom. The van der Waals surface area contributed by atoms with Gasteiger partial charge in [-0.1, -0.05) is 31.9 Å². The van der Waals surface area contributed by atoms with Crippen molar-refractivity contribution in [2.24, 2.45) is 5.92 Å². The second-order valence-electron chi connectivity index (χ2n) is 5.21. The van der Waals surface area contributed by atoms with Gasteiger partial charge < -0.3 is 15.7 Å². The molecule has 0 bridgehead atoms. The molecule has 0 saturated heterocycles. The van der Waals surface area contributed by atoms with Gasteiger partial charge in [0.15, 0.2) is 0 Å². The van der Waals surface area contributed by atoms with Gasteiger partial charge in [-0.15, -0.1) is 0 Å². The van der Waals surface area contributed by atoms with E-state index < -0.39 is 6.04 Å². The van der Waals surface area contributed by atoms with E-state index >= 15 is 0 Å². The quantitative estimate of drug-likeness (QED) is 0.639. The Balaban J connectivity index is 2.73. The Morgan fingerprint density at radius 1 is 1.27 bits per heavy atom. The molecule has 0 spiro atoms. The minimum Gasteiger partial charge on any atom is -0.396 e. The SMILES string of the molecule is CCC(C)C(NC(=O)c1ccc(Cl)cc1)C(=O)NCCCO. The Labute approximate surface area is 136 Å². The molecule has 1 aromatic rings. The Kier molecular flexibility index (Phi) is 7.91. The van der Waals surface area contributed by atoms with Crippen molar-refractivity contribution in [2.45, 2.75) is 32.7 Å². The highest BCUT2D eigenvalue weighted by molar-refractivity contribution is 6.30. The summed E-state index contributed by atoms with van der Waals surface area (Å²) in [4.78, 5) is 24.5. The first-order valence-corrected chi connectivity index (χ1v) is 7.82. The van der Waals surface area contributed by atoms with E-state index in [4.69, 9.17) is 16.7 Å². The van der Waals surface area contributed by atoms with Gasteiger partial charge in [-0.25, -0.2) is 0 Å². The van der Waals surface area contributed by atoms with E-state index in [0.717, 1.165) is 6.42 Å². The van der Waals surface area contributed by atoms with Crippen molar-refractivity contribution in [3.63, 3.8) is 0 Å². The first-order valence-electron chi connectivity index (χ1n) is 7.44. The molecule has 5 nitrogen and oxygen atoms in total. The molecule has 0 aromatic heterocycles. The predicted molar refractivity (Wildman–Crippen MR) is 86.9 cm³/mol. The number of hydrogen-bond donors (Lipinski definition) is 3. The van der Waals surface area contributed by atoms with E-state index in [9.17, 15) is 9.59 Å². The first kappa shape index (κ1) is 18.5. The van der Waals surface area contributed by atoms with Gasteiger partial charge in [0.2, 0.25) is 5.91 Å².